The topological polar surface area (TPSA) is 111 Å². The fraction of sp³-hybridized carbons (Fsp3) is 0.182. The van der Waals surface area contributed by atoms with Gasteiger partial charge in [-0.1, -0.05) is 74.0 Å². The molecule has 0 saturated heterocycles. The lowest BCUT2D eigenvalue weighted by Crippen LogP contribution is -2.15. The zero-order valence-corrected chi connectivity index (χ0v) is 22.6. The Morgan fingerprint density at radius 2 is 1.78 bits per heavy atom. The number of rotatable bonds is 9. The van der Waals surface area contributed by atoms with Crippen LogP contribution < -0.4 is 4.74 Å². The molecular formula is C33H29N3O5. The third-order valence-electron chi connectivity index (χ3n) is 6.97. The van der Waals surface area contributed by atoms with E-state index in [1.54, 1.807) is 36.4 Å². The number of carboxylic acid groups (broad SMARTS) is 1. The number of aryl methyl sites for hydroxylation is 1. The summed E-state index contributed by atoms with van der Waals surface area (Å²) in [4.78, 5) is 44.7. The molecule has 1 N–H and O–H groups in total. The van der Waals surface area contributed by atoms with Crippen molar-refractivity contribution in [3.05, 3.63) is 113 Å². The second kappa shape index (κ2) is 12.4. The normalized spacial score (nSPS) is 13.1. The minimum atomic E-state index is -1.36. The van der Waals surface area contributed by atoms with Crippen LogP contribution in [0.25, 0.3) is 17.2 Å². The second-order valence-electron chi connectivity index (χ2n) is 9.73. The smallest absolute Gasteiger partial charge is 0.449 e. The maximum Gasteiger partial charge on any atom is 0.511 e. The number of ether oxygens (including phenoxy) is 1. The fourth-order valence-corrected chi connectivity index (χ4v) is 4.92. The highest BCUT2D eigenvalue weighted by Crippen LogP contribution is 2.31. The van der Waals surface area contributed by atoms with Gasteiger partial charge in [0.05, 0.1) is 22.7 Å². The van der Waals surface area contributed by atoms with E-state index in [1.807, 2.05) is 48.6 Å². The number of amides is 1. The predicted octanol–water partition coefficient (Wildman–Crippen LogP) is 6.66. The van der Waals surface area contributed by atoms with Crippen LogP contribution in [0.1, 0.15) is 63.3 Å². The summed E-state index contributed by atoms with van der Waals surface area (Å²) in [5.74, 6) is 0.808. The maximum atomic E-state index is 12.9. The van der Waals surface area contributed by atoms with Gasteiger partial charge in [0.15, 0.2) is 6.29 Å². The average Bonchev–Trinajstić information content (AvgIpc) is 3.32. The first-order chi connectivity index (χ1) is 20.0. The quantitative estimate of drug-likeness (QED) is 0.142. The summed E-state index contributed by atoms with van der Waals surface area (Å²) >= 11 is 0. The van der Waals surface area contributed by atoms with Gasteiger partial charge in [0.1, 0.15) is 11.6 Å². The molecule has 0 atom stereocenters. The van der Waals surface area contributed by atoms with Crippen molar-refractivity contribution in [3.8, 4) is 16.9 Å². The third kappa shape index (κ3) is 6.22. The highest BCUT2D eigenvalue weighted by Gasteiger charge is 2.21. The summed E-state index contributed by atoms with van der Waals surface area (Å²) in [6.07, 6.45) is 6.33. The first-order valence-corrected chi connectivity index (χ1v) is 13.5. The highest BCUT2D eigenvalue weighted by molar-refractivity contribution is 6.12. The molecule has 1 heterocycles. The van der Waals surface area contributed by atoms with E-state index in [9.17, 15) is 14.4 Å². The van der Waals surface area contributed by atoms with Crippen LogP contribution in [0.4, 0.5) is 4.79 Å². The molecule has 0 aliphatic heterocycles. The number of fused-ring (bicyclic) bond motifs is 1. The van der Waals surface area contributed by atoms with Crippen LogP contribution in [0.15, 0.2) is 83.9 Å². The number of benzene rings is 3. The molecule has 8 heteroatoms. The Balaban J connectivity index is 1.42. The van der Waals surface area contributed by atoms with Gasteiger partial charge in [-0.25, -0.2) is 14.8 Å². The predicted molar refractivity (Wildman–Crippen MR) is 157 cm³/mol. The zero-order chi connectivity index (χ0) is 28.8. The lowest BCUT2D eigenvalue weighted by Gasteiger charge is -2.15. The summed E-state index contributed by atoms with van der Waals surface area (Å²) in [5.41, 5.74) is 5.64. The van der Waals surface area contributed by atoms with Gasteiger partial charge in [0.25, 0.3) is 5.91 Å². The Morgan fingerprint density at radius 3 is 2.54 bits per heavy atom. The minimum Gasteiger partial charge on any atom is -0.449 e. The van der Waals surface area contributed by atoms with Crippen LogP contribution in [0.5, 0.6) is 5.75 Å². The SMILES string of the molecule is CCCCc1nc2c(n1Cc1ccc(-c3ccccc3OC(=O)O)cc1)CC(=NC(=O)c1ccccc1C=O)C=C2. The number of unbranched alkanes of at least 4 members (excludes halogenated alkanes) is 1. The first-order valence-electron chi connectivity index (χ1n) is 13.5. The number of allylic oxidation sites excluding steroid dienone is 1. The molecule has 0 radical (unpaired) electrons. The third-order valence-corrected chi connectivity index (χ3v) is 6.97. The summed E-state index contributed by atoms with van der Waals surface area (Å²) in [7, 11) is 0. The van der Waals surface area contributed by atoms with Crippen molar-refractivity contribution in [2.45, 2.75) is 39.2 Å². The molecule has 41 heavy (non-hydrogen) atoms. The zero-order valence-electron chi connectivity index (χ0n) is 22.6. The van der Waals surface area contributed by atoms with Gasteiger partial charge < -0.3 is 14.4 Å². The van der Waals surface area contributed by atoms with E-state index >= 15 is 0 Å². The number of carbonyl (C=O) groups is 3. The Labute approximate surface area is 237 Å². The Morgan fingerprint density at radius 1 is 1.02 bits per heavy atom. The van der Waals surface area contributed by atoms with Crippen LogP contribution in [-0.4, -0.2) is 38.7 Å². The Hall–Kier alpha value is -5.11. The number of hydrogen-bond donors (Lipinski definition) is 1. The average molecular weight is 548 g/mol. The van der Waals surface area contributed by atoms with Gasteiger partial charge >= 0.3 is 6.16 Å². The van der Waals surface area contributed by atoms with E-state index in [0.717, 1.165) is 47.6 Å². The number of aromatic nitrogens is 2. The standard InChI is InChI=1S/C33H29N3O5/c1-2-3-12-31-35-28-18-17-25(34-32(38)27-10-5-4-8-24(27)21-37)19-29(28)36(31)20-22-13-15-23(16-14-22)26-9-6-7-11-30(26)41-33(39)40/h4-11,13-18,21H,2-3,12,19-20H2,1H3,(H,39,40). The molecule has 5 rings (SSSR count). The fourth-order valence-electron chi connectivity index (χ4n) is 4.92. The van der Waals surface area contributed by atoms with Gasteiger partial charge in [-0.15, -0.1) is 0 Å². The molecule has 0 fully saturated rings. The van der Waals surface area contributed by atoms with Crippen LogP contribution >= 0.6 is 0 Å². The van der Waals surface area contributed by atoms with Crippen molar-refractivity contribution >= 4 is 30.1 Å². The number of para-hydroxylation sites is 1. The van der Waals surface area contributed by atoms with Crippen molar-refractivity contribution in [3.63, 3.8) is 0 Å². The van der Waals surface area contributed by atoms with E-state index in [4.69, 9.17) is 14.8 Å². The molecule has 1 amide bonds. The van der Waals surface area contributed by atoms with Crippen LogP contribution in [0.3, 0.4) is 0 Å². The largest absolute Gasteiger partial charge is 0.511 e. The highest BCUT2D eigenvalue weighted by atomic mass is 16.7. The van der Waals surface area contributed by atoms with Crippen LogP contribution in [-0.2, 0) is 19.4 Å². The molecule has 1 aromatic heterocycles. The molecule has 4 aromatic rings. The van der Waals surface area contributed by atoms with Crippen molar-refractivity contribution in [2.75, 3.05) is 0 Å². The van der Waals surface area contributed by atoms with E-state index in [0.29, 0.717) is 36.1 Å². The van der Waals surface area contributed by atoms with Crippen molar-refractivity contribution in [1.82, 2.24) is 9.55 Å². The Bertz CT molecular complexity index is 1660. The van der Waals surface area contributed by atoms with Crippen LogP contribution in [0.2, 0.25) is 0 Å². The Kier molecular flexibility index (Phi) is 8.29. The van der Waals surface area contributed by atoms with Gasteiger partial charge in [0, 0.05) is 30.5 Å². The summed E-state index contributed by atoms with van der Waals surface area (Å²) < 4.78 is 7.15. The lowest BCUT2D eigenvalue weighted by molar-refractivity contribution is 0.0995. The van der Waals surface area contributed by atoms with Crippen LogP contribution in [0, 0.1) is 0 Å². The number of aliphatic imine (C=N–C) groups is 1. The number of aldehydes is 1. The molecule has 0 spiro atoms. The molecule has 0 bridgehead atoms. The first kappa shape index (κ1) is 27.5. The van der Waals surface area contributed by atoms with E-state index in [2.05, 4.69) is 16.5 Å². The molecular weight excluding hydrogens is 518 g/mol. The number of nitrogens with zero attached hydrogens (tertiary/aromatic N) is 3. The van der Waals surface area contributed by atoms with Crippen molar-refractivity contribution in [2.24, 2.45) is 4.99 Å². The summed E-state index contributed by atoms with van der Waals surface area (Å²) in [6, 6.07) is 21.6. The molecule has 8 nitrogen and oxygen atoms in total. The minimum absolute atomic E-state index is 0.279. The summed E-state index contributed by atoms with van der Waals surface area (Å²) in [6.45, 7) is 2.73. The molecule has 1 aliphatic carbocycles. The number of carbonyl (C=O) groups excluding carboxylic acids is 2. The van der Waals surface area contributed by atoms with Gasteiger partial charge in [-0.05, 0) is 41.8 Å². The molecule has 206 valence electrons. The van der Waals surface area contributed by atoms with Crippen molar-refractivity contribution < 1.29 is 24.2 Å². The number of imidazole rings is 1. The maximum absolute atomic E-state index is 12.9. The molecule has 3 aromatic carbocycles. The van der Waals surface area contributed by atoms with E-state index < -0.39 is 12.1 Å². The lowest BCUT2D eigenvalue weighted by atomic mass is 10.0. The monoisotopic (exact) mass is 547 g/mol. The molecule has 0 saturated carbocycles. The summed E-state index contributed by atoms with van der Waals surface area (Å²) in [5, 5.41) is 9.08. The number of hydrogen-bond acceptors (Lipinski definition) is 5. The van der Waals surface area contributed by atoms with Crippen molar-refractivity contribution in [1.29, 1.82) is 0 Å². The van der Waals surface area contributed by atoms with E-state index in [-0.39, 0.29) is 11.3 Å². The van der Waals surface area contributed by atoms with Gasteiger partial charge in [-0.3, -0.25) is 9.59 Å². The second-order valence-corrected chi connectivity index (χ2v) is 9.73. The molecule has 1 aliphatic rings. The van der Waals surface area contributed by atoms with Gasteiger partial charge in [-0.2, -0.15) is 0 Å². The molecule has 0 unspecified atom stereocenters. The van der Waals surface area contributed by atoms with E-state index in [1.165, 1.54) is 0 Å². The van der Waals surface area contributed by atoms with Gasteiger partial charge in [0.2, 0.25) is 0 Å².